The first-order chi connectivity index (χ1) is 27.7. The fourth-order valence-electron chi connectivity index (χ4n) is 9.09. The summed E-state index contributed by atoms with van der Waals surface area (Å²) in [6, 6.07) is 47.9. The second kappa shape index (κ2) is 15.4. The van der Waals surface area contributed by atoms with Crippen molar-refractivity contribution in [2.75, 3.05) is 0 Å². The van der Waals surface area contributed by atoms with E-state index in [-0.39, 0.29) is 0 Å². The first-order valence-corrected chi connectivity index (χ1v) is 21.6. The first-order valence-electron chi connectivity index (χ1n) is 21.6. The van der Waals surface area contributed by atoms with Gasteiger partial charge in [-0.2, -0.15) is 0 Å². The second-order valence-corrected chi connectivity index (χ2v) is 18.3. The van der Waals surface area contributed by atoms with Gasteiger partial charge < -0.3 is 0 Å². The van der Waals surface area contributed by atoms with Crippen molar-refractivity contribution in [3.63, 3.8) is 0 Å². The van der Waals surface area contributed by atoms with Gasteiger partial charge in [0.25, 0.3) is 0 Å². The third-order valence-electron chi connectivity index (χ3n) is 13.1. The lowest BCUT2D eigenvalue weighted by Gasteiger charge is -2.27. The molecule has 0 nitrogen and oxygen atoms in total. The van der Waals surface area contributed by atoms with Crippen molar-refractivity contribution in [2.24, 2.45) is 0 Å². The Balaban J connectivity index is 1.72. The van der Waals surface area contributed by atoms with Crippen LogP contribution in [0.3, 0.4) is 0 Å². The summed E-state index contributed by atoms with van der Waals surface area (Å²) in [5, 5.41) is 7.87. The predicted octanol–water partition coefficient (Wildman–Crippen LogP) is 17.5. The molecule has 0 amide bonds. The summed E-state index contributed by atoms with van der Waals surface area (Å²) in [4.78, 5) is 0. The van der Waals surface area contributed by atoms with Crippen LogP contribution in [-0.4, -0.2) is 0 Å². The van der Waals surface area contributed by atoms with Crippen LogP contribution in [0.1, 0.15) is 124 Å². The van der Waals surface area contributed by atoms with Crippen molar-refractivity contribution in [2.45, 2.75) is 107 Å². The van der Waals surface area contributed by atoms with Crippen LogP contribution in [0, 0.1) is 27.7 Å². The zero-order valence-electron chi connectivity index (χ0n) is 36.9. The van der Waals surface area contributed by atoms with E-state index in [1.807, 2.05) is 0 Å². The first kappa shape index (κ1) is 39.4. The average Bonchev–Trinajstić information content (AvgIpc) is 3.20. The minimum Gasteiger partial charge on any atom is -0.0587 e. The molecule has 0 bridgehead atoms. The van der Waals surface area contributed by atoms with Crippen LogP contribution >= 0.6 is 0 Å². The molecule has 0 spiro atoms. The highest BCUT2D eigenvalue weighted by Gasteiger charge is 2.27. The van der Waals surface area contributed by atoms with E-state index in [1.54, 1.807) is 0 Å². The zero-order valence-corrected chi connectivity index (χ0v) is 36.9. The van der Waals surface area contributed by atoms with Crippen LogP contribution in [0.2, 0.25) is 0 Å². The fraction of sp³-hybridized carbons (Fsp3) is 0.276. The molecule has 0 heterocycles. The van der Waals surface area contributed by atoms with Crippen molar-refractivity contribution in [3.05, 3.63) is 166 Å². The molecular weight excluding hydrogens is 697 g/mol. The number of rotatable bonds is 8. The monoisotopic (exact) mass is 756 g/mol. The molecule has 0 aromatic heterocycles. The van der Waals surface area contributed by atoms with Gasteiger partial charge in [-0.15, -0.1) is 0 Å². The van der Waals surface area contributed by atoms with Gasteiger partial charge in [-0.3, -0.25) is 0 Å². The number of aryl methyl sites for hydroxylation is 4. The van der Waals surface area contributed by atoms with E-state index in [1.165, 1.54) is 121 Å². The maximum absolute atomic E-state index is 2.48. The molecule has 0 saturated heterocycles. The summed E-state index contributed by atoms with van der Waals surface area (Å²) in [5.41, 5.74) is 21.0. The third kappa shape index (κ3) is 6.85. The minimum atomic E-state index is 0.453. The molecule has 0 aliphatic carbocycles. The summed E-state index contributed by atoms with van der Waals surface area (Å²) in [6.07, 6.45) is 0. The van der Waals surface area contributed by atoms with Crippen molar-refractivity contribution >= 4 is 32.3 Å². The SMILES string of the molecule is Cc1cc2c(-c3ccc(C(C)C)cc3)c3c(-c4ccc(C(C)C)cc4)c4cc(C)c(C)cc4c(-c4ccc(C(C)C)cc4)c3c(-c3ccc(C(C)C)cc3)c2cc1C. The normalized spacial score (nSPS) is 12.1. The highest BCUT2D eigenvalue weighted by molar-refractivity contribution is 6.34. The number of hydrogen-bond acceptors (Lipinski definition) is 0. The highest BCUT2D eigenvalue weighted by Crippen LogP contribution is 2.54. The van der Waals surface area contributed by atoms with Gasteiger partial charge in [-0.25, -0.2) is 0 Å². The maximum Gasteiger partial charge on any atom is -0.000139 e. The van der Waals surface area contributed by atoms with Crippen LogP contribution in [-0.2, 0) is 0 Å². The lowest BCUT2D eigenvalue weighted by Crippen LogP contribution is -2.00. The Bertz CT molecular complexity index is 2410. The van der Waals surface area contributed by atoms with E-state index in [0.29, 0.717) is 23.7 Å². The Kier molecular flexibility index (Phi) is 10.4. The molecule has 0 saturated carbocycles. The topological polar surface area (TPSA) is 0 Å². The van der Waals surface area contributed by atoms with Crippen LogP contribution < -0.4 is 0 Å². The Morgan fingerprint density at radius 2 is 0.431 bits per heavy atom. The predicted molar refractivity (Wildman–Crippen MR) is 256 cm³/mol. The molecule has 8 rings (SSSR count). The molecule has 0 aliphatic rings. The molecule has 0 aliphatic heterocycles. The van der Waals surface area contributed by atoms with E-state index in [4.69, 9.17) is 0 Å². The minimum absolute atomic E-state index is 0.453. The van der Waals surface area contributed by atoms with Gasteiger partial charge in [-0.1, -0.05) is 177 Å². The maximum atomic E-state index is 2.48. The van der Waals surface area contributed by atoms with Crippen molar-refractivity contribution < 1.29 is 0 Å². The molecule has 58 heavy (non-hydrogen) atoms. The lowest BCUT2D eigenvalue weighted by molar-refractivity contribution is 0.867. The molecule has 0 heteroatoms. The van der Waals surface area contributed by atoms with Gasteiger partial charge in [-0.05, 0) is 173 Å². The van der Waals surface area contributed by atoms with Gasteiger partial charge >= 0.3 is 0 Å². The average molecular weight is 757 g/mol. The summed E-state index contributed by atoms with van der Waals surface area (Å²) >= 11 is 0. The van der Waals surface area contributed by atoms with Crippen LogP contribution in [0.25, 0.3) is 76.8 Å². The van der Waals surface area contributed by atoms with E-state index in [9.17, 15) is 0 Å². The molecule has 0 fully saturated rings. The molecule has 292 valence electrons. The fourth-order valence-corrected chi connectivity index (χ4v) is 9.09. The molecule has 0 unspecified atom stereocenters. The number of benzene rings is 8. The third-order valence-corrected chi connectivity index (χ3v) is 13.1. The van der Waals surface area contributed by atoms with Gasteiger partial charge in [0, 0.05) is 0 Å². The summed E-state index contributed by atoms with van der Waals surface area (Å²) in [7, 11) is 0. The van der Waals surface area contributed by atoms with E-state index < -0.39 is 0 Å². The van der Waals surface area contributed by atoms with Gasteiger partial charge in [0.05, 0.1) is 0 Å². The number of hydrogen-bond donors (Lipinski definition) is 0. The highest BCUT2D eigenvalue weighted by atomic mass is 14.3. The van der Waals surface area contributed by atoms with Crippen LogP contribution in [0.5, 0.6) is 0 Å². The van der Waals surface area contributed by atoms with Crippen LogP contribution in [0.4, 0.5) is 0 Å². The quantitative estimate of drug-likeness (QED) is 0.135. The van der Waals surface area contributed by atoms with E-state index in [0.717, 1.165) is 0 Å². The second-order valence-electron chi connectivity index (χ2n) is 18.3. The standard InChI is InChI=1S/C58H60/c1-33(2)41-13-21-45(22-14-41)53-49-29-37(9)38(10)30-50(49)55(47-25-17-43(18-26-47)35(5)6)58-56(48-27-19-44(20-28-48)36(7)8)52-32-40(12)39(11)31-51(52)54(57(53)58)46-23-15-42(16-24-46)34(3)4/h13-36H,1-12H3. The zero-order chi connectivity index (χ0) is 41.2. The lowest BCUT2D eigenvalue weighted by atomic mass is 9.76. The Hall–Kier alpha value is -5.46. The van der Waals surface area contributed by atoms with Crippen molar-refractivity contribution in [3.8, 4) is 44.5 Å². The molecule has 0 radical (unpaired) electrons. The van der Waals surface area contributed by atoms with Crippen LogP contribution in [0.15, 0.2) is 121 Å². The molecule has 0 N–H and O–H groups in total. The van der Waals surface area contributed by atoms with Gasteiger partial charge in [0.15, 0.2) is 0 Å². The molecule has 8 aromatic carbocycles. The van der Waals surface area contributed by atoms with Crippen molar-refractivity contribution in [1.82, 2.24) is 0 Å². The Labute approximate surface area is 348 Å². The van der Waals surface area contributed by atoms with Gasteiger partial charge in [0.2, 0.25) is 0 Å². The van der Waals surface area contributed by atoms with Crippen molar-refractivity contribution in [1.29, 1.82) is 0 Å². The van der Waals surface area contributed by atoms with E-state index >= 15 is 0 Å². The number of fused-ring (bicyclic) bond motifs is 3. The van der Waals surface area contributed by atoms with Gasteiger partial charge in [0.1, 0.15) is 0 Å². The largest absolute Gasteiger partial charge is 0.0587 e. The molecule has 8 aromatic rings. The summed E-state index contributed by atoms with van der Waals surface area (Å²) in [5.74, 6) is 1.81. The Morgan fingerprint density at radius 1 is 0.259 bits per heavy atom. The van der Waals surface area contributed by atoms with E-state index in [2.05, 4.69) is 204 Å². The summed E-state index contributed by atoms with van der Waals surface area (Å²) in [6.45, 7) is 27.4. The molecular formula is C58H60. The Morgan fingerprint density at radius 3 is 0.586 bits per heavy atom. The molecule has 0 atom stereocenters. The summed E-state index contributed by atoms with van der Waals surface area (Å²) < 4.78 is 0. The smallest absolute Gasteiger partial charge is 0.000139 e.